The van der Waals surface area contributed by atoms with Crippen molar-refractivity contribution in [3.63, 3.8) is 0 Å². The fourth-order valence-corrected chi connectivity index (χ4v) is 3.70. The van der Waals surface area contributed by atoms with Gasteiger partial charge in [-0.25, -0.2) is 0 Å². The van der Waals surface area contributed by atoms with E-state index in [0.29, 0.717) is 0 Å². The van der Waals surface area contributed by atoms with Crippen LogP contribution in [0.2, 0.25) is 0 Å². The highest BCUT2D eigenvalue weighted by Crippen LogP contribution is 2.06. The zero-order valence-corrected chi connectivity index (χ0v) is 17.0. The summed E-state index contributed by atoms with van der Waals surface area (Å²) in [5.41, 5.74) is 1.53. The van der Waals surface area contributed by atoms with Gasteiger partial charge in [-0.05, 0) is 24.5 Å². The lowest BCUT2D eigenvalue weighted by Crippen LogP contribution is -2.51. The third-order valence-electron chi connectivity index (χ3n) is 3.98. The summed E-state index contributed by atoms with van der Waals surface area (Å²) >= 11 is 0. The van der Waals surface area contributed by atoms with E-state index in [-0.39, 0.29) is 13.0 Å². The first-order valence-electron chi connectivity index (χ1n) is 8.92. The molecule has 2 aromatic rings. The lowest BCUT2D eigenvalue weighted by atomic mass is 10.1. The molecule has 0 saturated carbocycles. The van der Waals surface area contributed by atoms with Crippen molar-refractivity contribution in [1.82, 2.24) is 9.44 Å². The first kappa shape index (κ1) is 22.5. The second kappa shape index (κ2) is 10.7. The molecule has 0 unspecified atom stereocenters. The minimum Gasteiger partial charge on any atom is -0.468 e. The Morgan fingerprint density at radius 2 is 1.45 bits per heavy atom. The van der Waals surface area contributed by atoms with Crippen LogP contribution in [-0.2, 0) is 42.3 Å². The number of ether oxygens (including phenoxy) is 2. The maximum atomic E-state index is 12.4. The highest BCUT2D eigenvalue weighted by molar-refractivity contribution is 7.87. The summed E-state index contributed by atoms with van der Waals surface area (Å²) in [5.74, 6) is -1.48. The molecule has 0 amide bonds. The van der Waals surface area contributed by atoms with Crippen molar-refractivity contribution < 1.29 is 27.5 Å². The van der Waals surface area contributed by atoms with E-state index in [4.69, 9.17) is 4.74 Å². The quantitative estimate of drug-likeness (QED) is 0.561. The van der Waals surface area contributed by atoms with E-state index in [9.17, 15) is 18.0 Å². The smallest absolute Gasteiger partial charge is 0.324 e. The van der Waals surface area contributed by atoms with Gasteiger partial charge in [0.05, 0.1) is 7.11 Å². The Labute approximate surface area is 170 Å². The number of carbonyl (C=O) groups excluding carboxylic acids is 2. The van der Waals surface area contributed by atoms with Crippen molar-refractivity contribution in [3.8, 4) is 0 Å². The highest BCUT2D eigenvalue weighted by atomic mass is 32.2. The molecule has 0 aliphatic rings. The maximum absolute atomic E-state index is 12.4. The van der Waals surface area contributed by atoms with Crippen molar-refractivity contribution in [2.75, 3.05) is 7.11 Å². The Bertz CT molecular complexity index is 903. The van der Waals surface area contributed by atoms with Gasteiger partial charge in [0, 0.05) is 0 Å². The molecule has 0 bridgehead atoms. The van der Waals surface area contributed by atoms with Crippen LogP contribution in [0.4, 0.5) is 0 Å². The van der Waals surface area contributed by atoms with E-state index >= 15 is 0 Å². The van der Waals surface area contributed by atoms with Gasteiger partial charge in [-0.2, -0.15) is 17.9 Å². The Kier molecular flexibility index (Phi) is 8.32. The summed E-state index contributed by atoms with van der Waals surface area (Å²) in [6.07, 6.45) is 0.0985. The molecule has 0 radical (unpaired) electrons. The second-order valence-corrected chi connectivity index (χ2v) is 7.80. The molecule has 0 aliphatic heterocycles. The van der Waals surface area contributed by atoms with Gasteiger partial charge in [0.15, 0.2) is 0 Å². The summed E-state index contributed by atoms with van der Waals surface area (Å²) < 4.78 is 39.0. The third-order valence-corrected chi connectivity index (χ3v) is 5.23. The Balaban J connectivity index is 1.96. The maximum Gasteiger partial charge on any atom is 0.324 e. The molecule has 9 heteroatoms. The average Bonchev–Trinajstić information content (AvgIpc) is 2.71. The minimum absolute atomic E-state index is 0.0258. The Morgan fingerprint density at radius 3 is 2.00 bits per heavy atom. The molecule has 2 atom stereocenters. The topological polar surface area (TPSA) is 111 Å². The molecule has 156 valence electrons. The van der Waals surface area contributed by atoms with E-state index in [1.165, 1.54) is 14.0 Å². The van der Waals surface area contributed by atoms with Crippen LogP contribution in [0, 0.1) is 0 Å². The van der Waals surface area contributed by atoms with E-state index in [1.807, 2.05) is 12.1 Å². The van der Waals surface area contributed by atoms with Gasteiger partial charge in [-0.3, -0.25) is 9.59 Å². The highest BCUT2D eigenvalue weighted by Gasteiger charge is 2.28. The second-order valence-electron chi connectivity index (χ2n) is 6.32. The summed E-state index contributed by atoms with van der Waals surface area (Å²) in [7, 11) is -3.01. The first-order chi connectivity index (χ1) is 13.8. The van der Waals surface area contributed by atoms with E-state index in [1.54, 1.807) is 48.5 Å². The third kappa shape index (κ3) is 7.65. The molecule has 0 aromatic heterocycles. The average molecular weight is 420 g/mol. The van der Waals surface area contributed by atoms with Crippen LogP contribution >= 0.6 is 0 Å². The van der Waals surface area contributed by atoms with Crippen LogP contribution in [0.5, 0.6) is 0 Å². The van der Waals surface area contributed by atoms with Crippen LogP contribution < -0.4 is 9.44 Å². The minimum atomic E-state index is -4.18. The van der Waals surface area contributed by atoms with Gasteiger partial charge in [0.1, 0.15) is 18.7 Å². The normalized spacial score (nSPS) is 13.3. The van der Waals surface area contributed by atoms with Crippen LogP contribution in [0.15, 0.2) is 60.7 Å². The van der Waals surface area contributed by atoms with Crippen molar-refractivity contribution in [2.45, 2.75) is 32.0 Å². The lowest BCUT2D eigenvalue weighted by Gasteiger charge is -2.19. The molecule has 0 spiro atoms. The number of nitrogens with one attached hydrogen (secondary N) is 2. The van der Waals surface area contributed by atoms with E-state index in [0.717, 1.165) is 11.1 Å². The molecule has 0 fully saturated rings. The number of rotatable bonds is 10. The van der Waals surface area contributed by atoms with Crippen molar-refractivity contribution in [1.29, 1.82) is 0 Å². The Morgan fingerprint density at radius 1 is 0.897 bits per heavy atom. The van der Waals surface area contributed by atoms with Gasteiger partial charge in [0.2, 0.25) is 0 Å². The van der Waals surface area contributed by atoms with Crippen LogP contribution in [0.3, 0.4) is 0 Å². The van der Waals surface area contributed by atoms with Gasteiger partial charge in [-0.15, -0.1) is 0 Å². The van der Waals surface area contributed by atoms with Gasteiger partial charge < -0.3 is 9.47 Å². The standard InChI is InChI=1S/C20H24N2O6S/c1-15(19(23)28-14-17-11-7-4-8-12-17)21-29(25,26)22-18(20(24)27-2)13-16-9-5-3-6-10-16/h3-12,15,18,21-22H,13-14H2,1-2H3/t15-,18+/m1/s1. The van der Waals surface area contributed by atoms with Crippen LogP contribution in [0.25, 0.3) is 0 Å². The summed E-state index contributed by atoms with van der Waals surface area (Å²) in [6, 6.07) is 15.6. The number of esters is 2. The summed E-state index contributed by atoms with van der Waals surface area (Å²) in [6.45, 7) is 1.38. The van der Waals surface area contributed by atoms with Gasteiger partial charge in [-0.1, -0.05) is 60.7 Å². The molecule has 2 N–H and O–H groups in total. The molecule has 29 heavy (non-hydrogen) atoms. The zero-order chi connectivity index (χ0) is 21.3. The lowest BCUT2D eigenvalue weighted by molar-refractivity contribution is -0.146. The molecule has 0 heterocycles. The van der Waals surface area contributed by atoms with E-state index < -0.39 is 34.2 Å². The molecule has 8 nitrogen and oxygen atoms in total. The number of benzene rings is 2. The first-order valence-corrected chi connectivity index (χ1v) is 10.4. The number of hydrogen-bond acceptors (Lipinski definition) is 6. The van der Waals surface area contributed by atoms with Gasteiger partial charge >= 0.3 is 11.9 Å². The van der Waals surface area contributed by atoms with Gasteiger partial charge in [0.25, 0.3) is 10.2 Å². The van der Waals surface area contributed by atoms with Crippen molar-refractivity contribution >= 4 is 22.1 Å². The molecule has 0 saturated heterocycles. The molecule has 2 aromatic carbocycles. The number of carbonyl (C=O) groups is 2. The summed E-state index contributed by atoms with van der Waals surface area (Å²) in [5, 5.41) is 0. The van der Waals surface area contributed by atoms with E-state index in [2.05, 4.69) is 14.2 Å². The van der Waals surface area contributed by atoms with Crippen LogP contribution in [-0.4, -0.2) is 39.5 Å². The van der Waals surface area contributed by atoms with Crippen molar-refractivity contribution in [2.24, 2.45) is 0 Å². The van der Waals surface area contributed by atoms with Crippen molar-refractivity contribution in [3.05, 3.63) is 71.8 Å². The fraction of sp³-hybridized carbons (Fsp3) is 0.300. The number of hydrogen-bond donors (Lipinski definition) is 2. The largest absolute Gasteiger partial charge is 0.468 e. The monoisotopic (exact) mass is 420 g/mol. The number of methoxy groups -OCH3 is 1. The molecule has 2 rings (SSSR count). The fourth-order valence-electron chi connectivity index (χ4n) is 2.52. The Hall–Kier alpha value is -2.75. The summed E-state index contributed by atoms with van der Waals surface area (Å²) in [4.78, 5) is 24.1. The molecular weight excluding hydrogens is 396 g/mol. The zero-order valence-electron chi connectivity index (χ0n) is 16.2. The molecule has 0 aliphatic carbocycles. The predicted molar refractivity (Wildman–Crippen MR) is 107 cm³/mol. The molecular formula is C20H24N2O6S. The SMILES string of the molecule is COC(=O)[C@H](Cc1ccccc1)NS(=O)(=O)N[C@H](C)C(=O)OCc1ccccc1. The van der Waals surface area contributed by atoms with Crippen LogP contribution in [0.1, 0.15) is 18.1 Å². The predicted octanol–water partition coefficient (Wildman–Crippen LogP) is 1.33.